The Morgan fingerprint density at radius 1 is 1.57 bits per heavy atom. The molecule has 3 atom stereocenters. The molecule has 80 valence electrons. The van der Waals surface area contributed by atoms with Crippen molar-refractivity contribution in [2.45, 2.75) is 19.4 Å². The average molecular weight is 199 g/mol. The fourth-order valence-corrected chi connectivity index (χ4v) is 2.36. The van der Waals surface area contributed by atoms with E-state index in [1.54, 1.807) is 0 Å². The summed E-state index contributed by atoms with van der Waals surface area (Å²) in [6, 6.07) is 0.359. The van der Waals surface area contributed by atoms with Gasteiger partial charge in [-0.15, -0.1) is 0 Å². The van der Waals surface area contributed by atoms with Crippen LogP contribution in [0.4, 0.5) is 0 Å². The van der Waals surface area contributed by atoms with Crippen molar-refractivity contribution in [1.29, 1.82) is 0 Å². The van der Waals surface area contributed by atoms with E-state index in [2.05, 4.69) is 5.32 Å². The fourth-order valence-electron chi connectivity index (χ4n) is 2.36. The van der Waals surface area contributed by atoms with Crippen LogP contribution < -0.4 is 5.32 Å². The van der Waals surface area contributed by atoms with Crippen molar-refractivity contribution in [1.82, 2.24) is 5.32 Å². The minimum atomic E-state index is -0.0468. The van der Waals surface area contributed by atoms with Crippen LogP contribution in [0.3, 0.4) is 0 Å². The van der Waals surface area contributed by atoms with Crippen molar-refractivity contribution in [2.24, 2.45) is 11.8 Å². The van der Waals surface area contributed by atoms with Crippen LogP contribution >= 0.6 is 0 Å². The lowest BCUT2D eigenvalue weighted by molar-refractivity contribution is -0.151. The van der Waals surface area contributed by atoms with E-state index >= 15 is 0 Å². The molecule has 1 N–H and O–H groups in total. The van der Waals surface area contributed by atoms with Gasteiger partial charge in [-0.3, -0.25) is 4.79 Å². The van der Waals surface area contributed by atoms with E-state index in [0.717, 1.165) is 19.6 Å². The lowest BCUT2D eigenvalue weighted by Crippen LogP contribution is -2.48. The molecule has 0 radical (unpaired) electrons. The van der Waals surface area contributed by atoms with Crippen LogP contribution in [-0.4, -0.2) is 38.4 Å². The third-order valence-corrected chi connectivity index (χ3v) is 3.09. The number of esters is 1. The fraction of sp³-hybridized carbons (Fsp3) is 0.900. The molecule has 2 aliphatic rings. The first-order valence-corrected chi connectivity index (χ1v) is 5.30. The van der Waals surface area contributed by atoms with Crippen LogP contribution in [0.25, 0.3) is 0 Å². The van der Waals surface area contributed by atoms with Gasteiger partial charge in [0, 0.05) is 12.0 Å². The standard InChI is InChI=1S/C10H17NO3/c1-2-14-10(12)7-3-4-11-9-6-13-5-8(7)9/h7-9,11H,2-6H2,1H3/t7-,8+,9-/m0/s1. The molecule has 0 aromatic heterocycles. The van der Waals surface area contributed by atoms with Gasteiger partial charge in [0.05, 0.1) is 25.7 Å². The molecule has 2 aliphatic heterocycles. The molecule has 0 bridgehead atoms. The number of rotatable bonds is 2. The molecule has 0 aliphatic carbocycles. The summed E-state index contributed by atoms with van der Waals surface area (Å²) in [5.74, 6) is 0.320. The summed E-state index contributed by atoms with van der Waals surface area (Å²) in [7, 11) is 0. The van der Waals surface area contributed by atoms with Gasteiger partial charge < -0.3 is 14.8 Å². The molecule has 2 fully saturated rings. The van der Waals surface area contributed by atoms with E-state index in [1.807, 2.05) is 6.92 Å². The molecular formula is C10H17NO3. The highest BCUT2D eigenvalue weighted by atomic mass is 16.5. The third-order valence-electron chi connectivity index (χ3n) is 3.09. The molecule has 0 saturated carbocycles. The van der Waals surface area contributed by atoms with Crippen molar-refractivity contribution in [3.05, 3.63) is 0 Å². The summed E-state index contributed by atoms with van der Waals surface area (Å²) in [6.07, 6.45) is 0.878. The van der Waals surface area contributed by atoms with Gasteiger partial charge in [0.25, 0.3) is 0 Å². The lowest BCUT2D eigenvalue weighted by Gasteiger charge is -2.31. The molecule has 2 rings (SSSR count). The smallest absolute Gasteiger partial charge is 0.309 e. The largest absolute Gasteiger partial charge is 0.466 e. The van der Waals surface area contributed by atoms with Gasteiger partial charge in [-0.25, -0.2) is 0 Å². The van der Waals surface area contributed by atoms with E-state index in [9.17, 15) is 4.79 Å². The van der Waals surface area contributed by atoms with Crippen molar-refractivity contribution in [3.63, 3.8) is 0 Å². The Hall–Kier alpha value is -0.610. The van der Waals surface area contributed by atoms with Gasteiger partial charge in [-0.05, 0) is 19.9 Å². The van der Waals surface area contributed by atoms with Crippen LogP contribution in [0.5, 0.6) is 0 Å². The van der Waals surface area contributed by atoms with Gasteiger partial charge in [0.1, 0.15) is 0 Å². The van der Waals surface area contributed by atoms with E-state index in [4.69, 9.17) is 9.47 Å². The van der Waals surface area contributed by atoms with Gasteiger partial charge >= 0.3 is 5.97 Å². The first-order valence-electron chi connectivity index (χ1n) is 5.30. The first kappa shape index (κ1) is 9.93. The second-order valence-electron chi connectivity index (χ2n) is 3.91. The Morgan fingerprint density at radius 2 is 2.43 bits per heavy atom. The Morgan fingerprint density at radius 3 is 3.21 bits per heavy atom. The number of carbonyl (C=O) groups is 1. The van der Waals surface area contributed by atoms with Crippen LogP contribution in [0.2, 0.25) is 0 Å². The highest BCUT2D eigenvalue weighted by molar-refractivity contribution is 5.73. The Bertz CT molecular complexity index is 219. The molecule has 2 saturated heterocycles. The quantitative estimate of drug-likeness (QED) is 0.644. The van der Waals surface area contributed by atoms with Gasteiger partial charge in [0.2, 0.25) is 0 Å². The molecule has 4 heteroatoms. The summed E-state index contributed by atoms with van der Waals surface area (Å²) in [5, 5.41) is 3.38. The maximum absolute atomic E-state index is 11.6. The predicted octanol–water partition coefficient (Wildman–Crippen LogP) is 0.174. The molecule has 2 heterocycles. The highest BCUT2D eigenvalue weighted by Gasteiger charge is 2.41. The van der Waals surface area contributed by atoms with Crippen molar-refractivity contribution >= 4 is 5.97 Å². The number of fused-ring (bicyclic) bond motifs is 1. The van der Waals surface area contributed by atoms with Crippen molar-refractivity contribution < 1.29 is 14.3 Å². The number of nitrogens with one attached hydrogen (secondary N) is 1. The van der Waals surface area contributed by atoms with E-state index < -0.39 is 0 Å². The zero-order valence-electron chi connectivity index (χ0n) is 8.49. The SMILES string of the molecule is CCOC(=O)[C@H]1CCN[C@H]2COC[C@@H]21. The zero-order chi connectivity index (χ0) is 9.97. The second kappa shape index (κ2) is 4.28. The van der Waals surface area contributed by atoms with E-state index in [0.29, 0.717) is 25.2 Å². The molecule has 0 spiro atoms. The normalized spacial score (nSPS) is 36.5. The van der Waals surface area contributed by atoms with Crippen LogP contribution in [0, 0.1) is 11.8 Å². The van der Waals surface area contributed by atoms with Crippen molar-refractivity contribution in [3.8, 4) is 0 Å². The van der Waals surface area contributed by atoms with Crippen molar-refractivity contribution in [2.75, 3.05) is 26.4 Å². The highest BCUT2D eigenvalue weighted by Crippen LogP contribution is 2.29. The number of hydrogen-bond acceptors (Lipinski definition) is 4. The number of hydrogen-bond donors (Lipinski definition) is 1. The third kappa shape index (κ3) is 1.77. The van der Waals surface area contributed by atoms with Gasteiger partial charge in [-0.1, -0.05) is 0 Å². The number of piperidine rings is 1. The maximum atomic E-state index is 11.6. The van der Waals surface area contributed by atoms with Crippen LogP contribution in [0.15, 0.2) is 0 Å². The summed E-state index contributed by atoms with van der Waals surface area (Å²) >= 11 is 0. The topological polar surface area (TPSA) is 47.6 Å². The Labute approximate surface area is 84.0 Å². The molecule has 0 unspecified atom stereocenters. The molecule has 0 amide bonds. The Balaban J connectivity index is 1.99. The van der Waals surface area contributed by atoms with Crippen LogP contribution in [0.1, 0.15) is 13.3 Å². The monoisotopic (exact) mass is 199 g/mol. The summed E-state index contributed by atoms with van der Waals surface area (Å²) in [5.41, 5.74) is 0. The summed E-state index contributed by atoms with van der Waals surface area (Å²) < 4.78 is 10.4. The van der Waals surface area contributed by atoms with Crippen LogP contribution in [-0.2, 0) is 14.3 Å². The van der Waals surface area contributed by atoms with Gasteiger partial charge in [0.15, 0.2) is 0 Å². The molecular weight excluding hydrogens is 182 g/mol. The first-order chi connectivity index (χ1) is 6.83. The predicted molar refractivity (Wildman–Crippen MR) is 50.8 cm³/mol. The summed E-state index contributed by atoms with van der Waals surface area (Å²) in [4.78, 5) is 11.6. The second-order valence-corrected chi connectivity index (χ2v) is 3.91. The number of ether oxygens (including phenoxy) is 2. The lowest BCUT2D eigenvalue weighted by atomic mass is 9.83. The minimum Gasteiger partial charge on any atom is -0.466 e. The van der Waals surface area contributed by atoms with E-state index in [1.165, 1.54) is 0 Å². The molecule has 0 aromatic rings. The van der Waals surface area contributed by atoms with E-state index in [-0.39, 0.29) is 11.9 Å². The molecule has 0 aromatic carbocycles. The average Bonchev–Trinajstić information content (AvgIpc) is 2.65. The summed E-state index contributed by atoms with van der Waals surface area (Å²) in [6.45, 7) is 4.65. The molecule has 4 nitrogen and oxygen atoms in total. The molecule has 14 heavy (non-hydrogen) atoms. The minimum absolute atomic E-state index is 0.0451. The number of carbonyl (C=O) groups excluding carboxylic acids is 1. The Kier molecular flexibility index (Phi) is 3.03. The zero-order valence-corrected chi connectivity index (χ0v) is 8.49. The van der Waals surface area contributed by atoms with Gasteiger partial charge in [-0.2, -0.15) is 0 Å². The maximum Gasteiger partial charge on any atom is 0.309 e.